The van der Waals surface area contributed by atoms with Crippen molar-refractivity contribution in [2.45, 2.75) is 26.7 Å². The number of ketones is 2. The average Bonchev–Trinajstić information content (AvgIpc) is 2.79. The second-order valence-electron chi connectivity index (χ2n) is 7.20. The molecule has 0 saturated heterocycles. The maximum Gasteiger partial charge on any atom is 0.305 e. The molecule has 2 N–H and O–H groups in total. The molecule has 0 fully saturated rings. The number of carbonyl (C=O) groups excluding carboxylic acids is 2. The minimum absolute atomic E-state index is 0.00870. The van der Waals surface area contributed by atoms with Crippen LogP contribution in [0.1, 0.15) is 47.4 Å². The topological polar surface area (TPSA) is 115 Å². The first kappa shape index (κ1) is 24.6. The van der Waals surface area contributed by atoms with Crippen LogP contribution in [0.3, 0.4) is 0 Å². The second kappa shape index (κ2) is 11.6. The van der Waals surface area contributed by atoms with Crippen molar-refractivity contribution < 1.29 is 29.4 Å². The van der Waals surface area contributed by atoms with Gasteiger partial charge in [-0.25, -0.2) is 0 Å². The third-order valence-corrected chi connectivity index (χ3v) is 5.15. The molecule has 32 heavy (non-hydrogen) atoms. The Balaban J connectivity index is 2.08. The van der Waals surface area contributed by atoms with Crippen LogP contribution in [0.25, 0.3) is 0 Å². The van der Waals surface area contributed by atoms with Gasteiger partial charge in [0.25, 0.3) is 0 Å². The zero-order valence-electron chi connectivity index (χ0n) is 18.3. The van der Waals surface area contributed by atoms with Crippen molar-refractivity contribution in [3.05, 3.63) is 59.7 Å². The molecule has 8 nitrogen and oxygen atoms in total. The quantitative estimate of drug-likeness (QED) is 0.360. The maximum absolute atomic E-state index is 12.6. The van der Waals surface area contributed by atoms with Gasteiger partial charge in [-0.2, -0.15) is 0 Å². The van der Waals surface area contributed by atoms with E-state index in [-0.39, 0.29) is 24.0 Å². The van der Waals surface area contributed by atoms with E-state index in [2.05, 4.69) is 0 Å². The number of aliphatic carboxylic acids is 2. The molecule has 0 radical (unpaired) electrons. The fraction of sp³-hybridized carbons (Fsp3) is 0.333. The predicted molar refractivity (Wildman–Crippen MR) is 122 cm³/mol. The van der Waals surface area contributed by atoms with E-state index in [1.807, 2.05) is 23.6 Å². The van der Waals surface area contributed by atoms with Crippen molar-refractivity contribution in [1.82, 2.24) is 0 Å². The standard InChI is InChI=1S/C24H28N2O6/c1-3-25(15-13-21(27)28)19-9-5-17(6-10-19)23(31)24(32)18-7-11-20(12-8-18)26(4-2)16-14-22(29)30/h5-12H,3-4,13-16H2,1-2H3,(H,27,28)(H,29,30). The maximum atomic E-state index is 12.6. The van der Waals surface area contributed by atoms with E-state index in [0.29, 0.717) is 26.2 Å². The zero-order valence-corrected chi connectivity index (χ0v) is 18.3. The van der Waals surface area contributed by atoms with Crippen LogP contribution >= 0.6 is 0 Å². The summed E-state index contributed by atoms with van der Waals surface area (Å²) in [5.41, 5.74) is 2.08. The molecule has 2 aromatic carbocycles. The van der Waals surface area contributed by atoms with E-state index in [4.69, 9.17) is 10.2 Å². The lowest BCUT2D eigenvalue weighted by Crippen LogP contribution is -2.26. The molecule has 0 atom stereocenters. The molecular weight excluding hydrogens is 412 g/mol. The lowest BCUT2D eigenvalue weighted by atomic mass is 10.0. The Labute approximate surface area is 187 Å². The van der Waals surface area contributed by atoms with Crippen LogP contribution < -0.4 is 9.80 Å². The molecule has 170 valence electrons. The fourth-order valence-corrected chi connectivity index (χ4v) is 3.31. The third-order valence-electron chi connectivity index (χ3n) is 5.15. The molecule has 0 aliphatic carbocycles. The molecule has 0 unspecified atom stereocenters. The Morgan fingerprint density at radius 2 is 0.938 bits per heavy atom. The van der Waals surface area contributed by atoms with Gasteiger partial charge in [-0.1, -0.05) is 0 Å². The molecule has 0 aliphatic heterocycles. The van der Waals surface area contributed by atoms with Crippen LogP contribution in [0.4, 0.5) is 11.4 Å². The van der Waals surface area contributed by atoms with Gasteiger partial charge >= 0.3 is 11.9 Å². The summed E-state index contributed by atoms with van der Waals surface area (Å²) in [6.07, 6.45) is 0.0174. The van der Waals surface area contributed by atoms with Crippen molar-refractivity contribution in [1.29, 1.82) is 0 Å². The fourth-order valence-electron chi connectivity index (χ4n) is 3.31. The van der Waals surface area contributed by atoms with Gasteiger partial charge in [0.1, 0.15) is 0 Å². The molecule has 0 heterocycles. The van der Waals surface area contributed by atoms with Gasteiger partial charge in [0.15, 0.2) is 0 Å². The van der Waals surface area contributed by atoms with Crippen LogP contribution in [-0.4, -0.2) is 59.9 Å². The van der Waals surface area contributed by atoms with Crippen molar-refractivity contribution in [3.8, 4) is 0 Å². The van der Waals surface area contributed by atoms with Crippen LogP contribution in [0.15, 0.2) is 48.5 Å². The van der Waals surface area contributed by atoms with Gasteiger partial charge in [-0.05, 0) is 62.4 Å². The van der Waals surface area contributed by atoms with Crippen molar-refractivity contribution in [2.75, 3.05) is 36.0 Å². The molecule has 2 rings (SSSR count). The Morgan fingerprint density at radius 3 is 1.19 bits per heavy atom. The summed E-state index contributed by atoms with van der Waals surface area (Å²) in [5.74, 6) is -3.01. The van der Waals surface area contributed by atoms with Crippen molar-refractivity contribution in [2.24, 2.45) is 0 Å². The largest absolute Gasteiger partial charge is 0.481 e. The number of carboxylic acid groups (broad SMARTS) is 2. The monoisotopic (exact) mass is 440 g/mol. The highest BCUT2D eigenvalue weighted by Gasteiger charge is 2.19. The molecule has 0 spiro atoms. The molecule has 2 aromatic rings. The highest BCUT2D eigenvalue weighted by atomic mass is 16.4. The Hall–Kier alpha value is -3.68. The summed E-state index contributed by atoms with van der Waals surface area (Å²) in [6, 6.07) is 13.1. The summed E-state index contributed by atoms with van der Waals surface area (Å²) < 4.78 is 0. The highest BCUT2D eigenvalue weighted by molar-refractivity contribution is 6.49. The molecule has 0 bridgehead atoms. The Kier molecular flexibility index (Phi) is 8.95. The SMILES string of the molecule is CCN(CCC(=O)O)c1ccc(C(=O)C(=O)c2ccc(N(CC)CCC(=O)O)cc2)cc1. The molecule has 8 heteroatoms. The number of anilines is 2. The number of carboxylic acids is 2. The van der Waals surface area contributed by atoms with E-state index in [1.54, 1.807) is 48.5 Å². The molecule has 0 amide bonds. The van der Waals surface area contributed by atoms with Crippen LogP contribution in [0.2, 0.25) is 0 Å². The van der Waals surface area contributed by atoms with Gasteiger partial charge in [-0.3, -0.25) is 19.2 Å². The summed E-state index contributed by atoms with van der Waals surface area (Å²) >= 11 is 0. The van der Waals surface area contributed by atoms with Crippen LogP contribution in [0, 0.1) is 0 Å². The number of rotatable bonds is 13. The molecular formula is C24H28N2O6. The zero-order chi connectivity index (χ0) is 23.7. The molecule has 0 saturated carbocycles. The van der Waals surface area contributed by atoms with E-state index in [0.717, 1.165) is 11.4 Å². The normalized spacial score (nSPS) is 10.4. The molecule has 0 aromatic heterocycles. The van der Waals surface area contributed by atoms with E-state index >= 15 is 0 Å². The number of hydrogen-bond donors (Lipinski definition) is 2. The minimum atomic E-state index is -0.879. The van der Waals surface area contributed by atoms with Gasteiger partial charge < -0.3 is 20.0 Å². The van der Waals surface area contributed by atoms with E-state index in [9.17, 15) is 19.2 Å². The van der Waals surface area contributed by atoms with E-state index < -0.39 is 23.5 Å². The lowest BCUT2D eigenvalue weighted by Gasteiger charge is -2.22. The predicted octanol–water partition coefficient (Wildman–Crippen LogP) is 3.35. The second-order valence-corrected chi connectivity index (χ2v) is 7.20. The first-order valence-electron chi connectivity index (χ1n) is 10.5. The van der Waals surface area contributed by atoms with Crippen molar-refractivity contribution >= 4 is 34.9 Å². The number of Topliss-reactive ketones (excluding diaryl/α,β-unsaturated/α-hetero) is 2. The first-order chi connectivity index (χ1) is 15.3. The summed E-state index contributed by atoms with van der Waals surface area (Å²) in [4.78, 5) is 50.7. The van der Waals surface area contributed by atoms with E-state index in [1.165, 1.54) is 0 Å². The Bertz CT molecular complexity index is 874. The summed E-state index contributed by atoms with van der Waals surface area (Å²) in [5, 5.41) is 17.7. The summed E-state index contributed by atoms with van der Waals surface area (Å²) in [7, 11) is 0. The smallest absolute Gasteiger partial charge is 0.305 e. The average molecular weight is 440 g/mol. The van der Waals surface area contributed by atoms with Crippen LogP contribution in [-0.2, 0) is 9.59 Å². The lowest BCUT2D eigenvalue weighted by molar-refractivity contribution is -0.137. The highest BCUT2D eigenvalue weighted by Crippen LogP contribution is 2.19. The minimum Gasteiger partial charge on any atom is -0.481 e. The number of carbonyl (C=O) groups is 4. The van der Waals surface area contributed by atoms with Gasteiger partial charge in [0, 0.05) is 48.7 Å². The third kappa shape index (κ3) is 6.66. The van der Waals surface area contributed by atoms with Gasteiger partial charge in [0.05, 0.1) is 12.8 Å². The number of hydrogen-bond acceptors (Lipinski definition) is 6. The first-order valence-corrected chi connectivity index (χ1v) is 10.5. The van der Waals surface area contributed by atoms with Gasteiger partial charge in [-0.15, -0.1) is 0 Å². The molecule has 0 aliphatic rings. The van der Waals surface area contributed by atoms with Crippen LogP contribution in [0.5, 0.6) is 0 Å². The number of benzene rings is 2. The van der Waals surface area contributed by atoms with Crippen molar-refractivity contribution in [3.63, 3.8) is 0 Å². The van der Waals surface area contributed by atoms with Gasteiger partial charge in [0.2, 0.25) is 11.6 Å². The summed E-state index contributed by atoms with van der Waals surface area (Å²) in [6.45, 7) is 5.77. The Morgan fingerprint density at radius 1 is 0.625 bits per heavy atom. The number of nitrogens with zero attached hydrogens (tertiary/aromatic N) is 2.